The molecule has 0 radical (unpaired) electrons. The Morgan fingerprint density at radius 1 is 1.59 bits per heavy atom. The molecule has 0 bridgehead atoms. The largest absolute Gasteiger partial charge is 0.343 e. The lowest BCUT2D eigenvalue weighted by Gasteiger charge is -2.10. The van der Waals surface area contributed by atoms with Crippen LogP contribution in [0.3, 0.4) is 0 Å². The van der Waals surface area contributed by atoms with E-state index in [1.807, 2.05) is 6.92 Å². The van der Waals surface area contributed by atoms with E-state index < -0.39 is 0 Å². The molecule has 1 unspecified atom stereocenters. The fourth-order valence-electron chi connectivity index (χ4n) is 2.26. The van der Waals surface area contributed by atoms with Crippen molar-refractivity contribution in [3.63, 3.8) is 0 Å². The van der Waals surface area contributed by atoms with E-state index in [0.717, 1.165) is 24.2 Å². The van der Waals surface area contributed by atoms with Crippen molar-refractivity contribution < 1.29 is 4.79 Å². The summed E-state index contributed by atoms with van der Waals surface area (Å²) >= 11 is 0. The highest BCUT2D eigenvalue weighted by atomic mass is 16.1. The third kappa shape index (κ3) is 1.61. The van der Waals surface area contributed by atoms with Crippen LogP contribution in [-0.4, -0.2) is 26.3 Å². The van der Waals surface area contributed by atoms with E-state index in [-0.39, 0.29) is 11.9 Å². The van der Waals surface area contributed by atoms with E-state index in [2.05, 4.69) is 25.7 Å². The maximum absolute atomic E-state index is 11.9. The van der Waals surface area contributed by atoms with Crippen molar-refractivity contribution in [2.24, 2.45) is 0 Å². The second kappa shape index (κ2) is 3.73. The summed E-state index contributed by atoms with van der Waals surface area (Å²) in [5.74, 6) is -0.114. The van der Waals surface area contributed by atoms with Crippen molar-refractivity contribution in [1.82, 2.24) is 25.7 Å². The monoisotopic (exact) mass is 231 g/mol. The second-order valence-corrected chi connectivity index (χ2v) is 4.26. The molecular formula is C11H13N5O. The van der Waals surface area contributed by atoms with E-state index >= 15 is 0 Å². The zero-order valence-corrected chi connectivity index (χ0v) is 9.45. The van der Waals surface area contributed by atoms with Gasteiger partial charge in [-0.25, -0.2) is 0 Å². The van der Waals surface area contributed by atoms with Gasteiger partial charge in [-0.15, -0.1) is 0 Å². The van der Waals surface area contributed by atoms with E-state index in [4.69, 9.17) is 0 Å². The van der Waals surface area contributed by atoms with Crippen molar-refractivity contribution in [2.45, 2.75) is 25.8 Å². The molecule has 0 aromatic carbocycles. The van der Waals surface area contributed by atoms with Gasteiger partial charge < -0.3 is 5.32 Å². The number of hydrogen-bond acceptors (Lipinski definition) is 3. The number of hydrogen-bond donors (Lipinski definition) is 3. The third-order valence-corrected chi connectivity index (χ3v) is 3.18. The van der Waals surface area contributed by atoms with Gasteiger partial charge in [0.15, 0.2) is 0 Å². The molecule has 2 aromatic rings. The SMILES string of the molecule is Cc1[nH]nc2c1CCC2NC(=O)c1cn[nH]c1. The number of rotatable bonds is 2. The first-order valence-electron chi connectivity index (χ1n) is 5.59. The highest BCUT2D eigenvalue weighted by molar-refractivity contribution is 5.93. The number of H-pyrrole nitrogens is 2. The summed E-state index contributed by atoms with van der Waals surface area (Å²) in [6, 6.07) is 0.0114. The molecular weight excluding hydrogens is 218 g/mol. The number of carbonyl (C=O) groups is 1. The zero-order valence-electron chi connectivity index (χ0n) is 9.45. The van der Waals surface area contributed by atoms with Gasteiger partial charge in [0.05, 0.1) is 23.5 Å². The first-order chi connectivity index (χ1) is 8.25. The van der Waals surface area contributed by atoms with Crippen LogP contribution in [0.4, 0.5) is 0 Å². The van der Waals surface area contributed by atoms with Gasteiger partial charge in [-0.05, 0) is 25.3 Å². The van der Waals surface area contributed by atoms with E-state index in [9.17, 15) is 4.79 Å². The number of fused-ring (bicyclic) bond motifs is 1. The molecule has 0 saturated carbocycles. The van der Waals surface area contributed by atoms with Gasteiger partial charge in [-0.3, -0.25) is 15.0 Å². The van der Waals surface area contributed by atoms with Crippen molar-refractivity contribution >= 4 is 5.91 Å². The number of nitrogens with one attached hydrogen (secondary N) is 3. The molecule has 1 atom stereocenters. The summed E-state index contributed by atoms with van der Waals surface area (Å²) in [6.07, 6.45) is 4.98. The highest BCUT2D eigenvalue weighted by Gasteiger charge is 2.28. The Morgan fingerprint density at radius 2 is 2.47 bits per heavy atom. The van der Waals surface area contributed by atoms with E-state index in [1.165, 1.54) is 11.8 Å². The number of aromatic amines is 2. The first-order valence-corrected chi connectivity index (χ1v) is 5.59. The van der Waals surface area contributed by atoms with Gasteiger partial charge in [-0.1, -0.05) is 0 Å². The number of aromatic nitrogens is 4. The summed E-state index contributed by atoms with van der Waals surface area (Å²) in [5, 5.41) is 16.6. The normalized spacial score (nSPS) is 18.1. The van der Waals surface area contributed by atoms with Crippen LogP contribution in [0.2, 0.25) is 0 Å². The van der Waals surface area contributed by atoms with Crippen molar-refractivity contribution in [3.8, 4) is 0 Å². The topological polar surface area (TPSA) is 86.5 Å². The van der Waals surface area contributed by atoms with Gasteiger partial charge in [0.25, 0.3) is 5.91 Å². The lowest BCUT2D eigenvalue weighted by molar-refractivity contribution is 0.0936. The van der Waals surface area contributed by atoms with Crippen LogP contribution in [0.5, 0.6) is 0 Å². The zero-order chi connectivity index (χ0) is 11.8. The average Bonchev–Trinajstić information content (AvgIpc) is 3.00. The minimum Gasteiger partial charge on any atom is -0.343 e. The molecule has 0 saturated heterocycles. The Bertz CT molecular complexity index is 542. The number of carbonyl (C=O) groups excluding carboxylic acids is 1. The van der Waals surface area contributed by atoms with Crippen LogP contribution < -0.4 is 5.32 Å². The minimum atomic E-state index is -0.114. The summed E-state index contributed by atoms with van der Waals surface area (Å²) in [6.45, 7) is 2.01. The van der Waals surface area contributed by atoms with E-state index in [0.29, 0.717) is 5.56 Å². The predicted molar refractivity (Wildman–Crippen MR) is 60.4 cm³/mol. The van der Waals surface area contributed by atoms with Gasteiger partial charge in [0.1, 0.15) is 0 Å². The number of aryl methyl sites for hydroxylation is 1. The molecule has 17 heavy (non-hydrogen) atoms. The number of amides is 1. The van der Waals surface area contributed by atoms with Crippen LogP contribution in [0, 0.1) is 6.92 Å². The van der Waals surface area contributed by atoms with Crippen molar-refractivity contribution in [2.75, 3.05) is 0 Å². The van der Waals surface area contributed by atoms with Gasteiger partial charge >= 0.3 is 0 Å². The average molecular weight is 231 g/mol. The Kier molecular flexibility index (Phi) is 2.21. The summed E-state index contributed by atoms with van der Waals surface area (Å²) < 4.78 is 0. The molecule has 2 aromatic heterocycles. The Morgan fingerprint density at radius 3 is 3.24 bits per heavy atom. The lowest BCUT2D eigenvalue weighted by Crippen LogP contribution is -2.27. The number of nitrogens with zero attached hydrogens (tertiary/aromatic N) is 2. The second-order valence-electron chi connectivity index (χ2n) is 4.26. The Hall–Kier alpha value is -2.11. The van der Waals surface area contributed by atoms with Crippen LogP contribution in [0.25, 0.3) is 0 Å². The summed E-state index contributed by atoms with van der Waals surface area (Å²) in [7, 11) is 0. The third-order valence-electron chi connectivity index (χ3n) is 3.18. The molecule has 1 aliphatic rings. The lowest BCUT2D eigenvalue weighted by atomic mass is 10.2. The fourth-order valence-corrected chi connectivity index (χ4v) is 2.26. The standard InChI is InChI=1S/C11H13N5O/c1-6-8-2-3-9(10(8)16-15-6)14-11(17)7-4-12-13-5-7/h4-5,9H,2-3H2,1H3,(H,12,13)(H,14,17)(H,15,16). The quantitative estimate of drug-likeness (QED) is 0.716. The highest BCUT2D eigenvalue weighted by Crippen LogP contribution is 2.31. The molecule has 0 fully saturated rings. The molecule has 0 spiro atoms. The maximum atomic E-state index is 11.9. The molecule has 2 heterocycles. The predicted octanol–water partition coefficient (Wildman–Crippen LogP) is 0.859. The smallest absolute Gasteiger partial charge is 0.254 e. The van der Waals surface area contributed by atoms with Gasteiger partial charge in [-0.2, -0.15) is 10.2 Å². The Balaban J connectivity index is 1.78. The molecule has 0 aliphatic heterocycles. The van der Waals surface area contributed by atoms with Crippen molar-refractivity contribution in [3.05, 3.63) is 34.9 Å². The molecule has 1 amide bonds. The van der Waals surface area contributed by atoms with Crippen molar-refractivity contribution in [1.29, 1.82) is 0 Å². The molecule has 6 nitrogen and oxygen atoms in total. The fraction of sp³-hybridized carbons (Fsp3) is 0.364. The molecule has 6 heteroatoms. The van der Waals surface area contributed by atoms with Crippen LogP contribution in [0.15, 0.2) is 12.4 Å². The molecule has 1 aliphatic carbocycles. The first kappa shape index (κ1) is 10.1. The molecule has 3 N–H and O–H groups in total. The van der Waals surface area contributed by atoms with Gasteiger partial charge in [0.2, 0.25) is 0 Å². The van der Waals surface area contributed by atoms with Crippen LogP contribution >= 0.6 is 0 Å². The van der Waals surface area contributed by atoms with Crippen LogP contribution in [0.1, 0.15) is 39.8 Å². The maximum Gasteiger partial charge on any atom is 0.254 e. The van der Waals surface area contributed by atoms with Gasteiger partial charge in [0, 0.05) is 11.9 Å². The van der Waals surface area contributed by atoms with E-state index in [1.54, 1.807) is 6.20 Å². The molecule has 88 valence electrons. The summed E-state index contributed by atoms with van der Waals surface area (Å²) in [4.78, 5) is 11.9. The summed E-state index contributed by atoms with van der Waals surface area (Å²) in [5.41, 5.74) is 3.85. The Labute approximate surface area is 97.8 Å². The molecule has 3 rings (SSSR count). The minimum absolute atomic E-state index is 0.0114. The van der Waals surface area contributed by atoms with Crippen LogP contribution in [-0.2, 0) is 6.42 Å².